The summed E-state index contributed by atoms with van der Waals surface area (Å²) in [7, 11) is 1.74. The van der Waals surface area contributed by atoms with Gasteiger partial charge in [0.25, 0.3) is 0 Å². The third-order valence-corrected chi connectivity index (χ3v) is 9.45. The van der Waals surface area contributed by atoms with Crippen LogP contribution in [0, 0.1) is 0 Å². The van der Waals surface area contributed by atoms with Crippen molar-refractivity contribution in [3.05, 3.63) is 90.0 Å². The van der Waals surface area contributed by atoms with Gasteiger partial charge in [0.15, 0.2) is 0 Å². The Morgan fingerprint density at radius 3 is 2.17 bits per heavy atom. The number of hydrogen-bond donors (Lipinski definition) is 0. The molecule has 1 atom stereocenters. The van der Waals surface area contributed by atoms with E-state index in [4.69, 9.17) is 4.74 Å². The van der Waals surface area contributed by atoms with Crippen LogP contribution in [0.1, 0.15) is 11.1 Å². The van der Waals surface area contributed by atoms with Gasteiger partial charge in [-0.3, -0.25) is 0 Å². The SMILES string of the molecule is COc1ccc2c(c1)[As](c1ccccc1)C(c1ccccc1)=C2. The fourth-order valence-corrected chi connectivity index (χ4v) is 8.47. The molecule has 0 aliphatic carbocycles. The topological polar surface area (TPSA) is 9.23 Å². The average Bonchev–Trinajstić information content (AvgIpc) is 3.01. The van der Waals surface area contributed by atoms with E-state index >= 15 is 0 Å². The van der Waals surface area contributed by atoms with Crippen molar-refractivity contribution in [3.63, 3.8) is 0 Å². The Bertz CT molecular complexity index is 854. The number of fused-ring (bicyclic) bond motifs is 1. The summed E-state index contributed by atoms with van der Waals surface area (Å²) < 4.78 is 9.88. The first-order chi connectivity index (χ1) is 11.4. The molecule has 0 spiro atoms. The molecule has 0 amide bonds. The summed E-state index contributed by atoms with van der Waals surface area (Å²) in [6.07, 6.45) is 2.37. The van der Waals surface area contributed by atoms with E-state index in [1.54, 1.807) is 7.11 Å². The Morgan fingerprint density at radius 1 is 0.783 bits per heavy atom. The Labute approximate surface area is 141 Å². The summed E-state index contributed by atoms with van der Waals surface area (Å²) in [6, 6.07) is 28.2. The Morgan fingerprint density at radius 2 is 1.48 bits per heavy atom. The molecule has 3 aromatic rings. The quantitative estimate of drug-likeness (QED) is 0.651. The molecule has 1 nitrogen and oxygen atoms in total. The third kappa shape index (κ3) is 2.62. The normalized spacial score (nSPS) is 15.9. The zero-order valence-corrected chi connectivity index (χ0v) is 14.8. The van der Waals surface area contributed by atoms with E-state index in [9.17, 15) is 0 Å². The summed E-state index contributed by atoms with van der Waals surface area (Å²) in [5, 5.41) is 0. The fraction of sp³-hybridized carbons (Fsp3) is 0.0476. The molecular weight excluding hydrogens is 343 g/mol. The van der Waals surface area contributed by atoms with E-state index in [2.05, 4.69) is 84.9 Å². The molecule has 0 saturated heterocycles. The summed E-state index contributed by atoms with van der Waals surface area (Å²) >= 11 is -1.52. The zero-order chi connectivity index (χ0) is 15.6. The summed E-state index contributed by atoms with van der Waals surface area (Å²) in [6.45, 7) is 0. The van der Waals surface area contributed by atoms with Gasteiger partial charge < -0.3 is 0 Å². The van der Waals surface area contributed by atoms with Crippen molar-refractivity contribution < 1.29 is 4.74 Å². The summed E-state index contributed by atoms with van der Waals surface area (Å²) in [5.74, 6) is 0.946. The van der Waals surface area contributed by atoms with Crippen molar-refractivity contribution in [2.75, 3.05) is 7.11 Å². The Kier molecular flexibility index (Phi) is 3.81. The van der Waals surface area contributed by atoms with Gasteiger partial charge in [0.05, 0.1) is 0 Å². The fourth-order valence-electron chi connectivity index (χ4n) is 2.98. The van der Waals surface area contributed by atoms with Gasteiger partial charge in [-0.2, -0.15) is 0 Å². The van der Waals surface area contributed by atoms with Crippen molar-refractivity contribution in [2.45, 2.75) is 0 Å². The molecule has 23 heavy (non-hydrogen) atoms. The molecule has 0 saturated carbocycles. The third-order valence-electron chi connectivity index (χ3n) is 4.10. The van der Waals surface area contributed by atoms with E-state index in [1.807, 2.05) is 0 Å². The second-order valence-electron chi connectivity index (χ2n) is 5.49. The molecule has 4 rings (SSSR count). The van der Waals surface area contributed by atoms with Crippen molar-refractivity contribution in [3.8, 4) is 5.75 Å². The average molecular weight is 360 g/mol. The van der Waals surface area contributed by atoms with Crippen LogP contribution in [0.4, 0.5) is 0 Å². The molecule has 0 N–H and O–H groups in total. The molecule has 0 bridgehead atoms. The van der Waals surface area contributed by atoms with Gasteiger partial charge in [-0.15, -0.1) is 0 Å². The molecule has 3 aromatic carbocycles. The van der Waals surface area contributed by atoms with Gasteiger partial charge in [0, 0.05) is 0 Å². The van der Waals surface area contributed by atoms with Gasteiger partial charge in [-0.25, -0.2) is 0 Å². The van der Waals surface area contributed by atoms with E-state index in [0.717, 1.165) is 5.75 Å². The van der Waals surface area contributed by atoms with Gasteiger partial charge in [0.1, 0.15) is 0 Å². The second-order valence-corrected chi connectivity index (χ2v) is 10.0. The van der Waals surface area contributed by atoms with E-state index in [-0.39, 0.29) is 0 Å². The number of ether oxygens (including phenoxy) is 1. The summed E-state index contributed by atoms with van der Waals surface area (Å²) in [5.41, 5.74) is 2.68. The minimum atomic E-state index is -1.52. The predicted octanol–water partition coefficient (Wildman–Crippen LogP) is 3.40. The zero-order valence-electron chi connectivity index (χ0n) is 12.9. The number of benzene rings is 3. The second kappa shape index (κ2) is 6.10. The van der Waals surface area contributed by atoms with Crippen molar-refractivity contribution in [1.29, 1.82) is 0 Å². The van der Waals surface area contributed by atoms with Gasteiger partial charge in [-0.1, -0.05) is 0 Å². The van der Waals surface area contributed by atoms with Crippen LogP contribution in [0.25, 0.3) is 10.4 Å². The maximum atomic E-state index is 5.46. The van der Waals surface area contributed by atoms with Crippen molar-refractivity contribution in [2.24, 2.45) is 0 Å². The van der Waals surface area contributed by atoms with Crippen LogP contribution < -0.4 is 13.4 Å². The van der Waals surface area contributed by atoms with Crippen molar-refractivity contribution >= 4 is 33.8 Å². The number of hydrogen-bond acceptors (Lipinski definition) is 1. The van der Waals surface area contributed by atoms with Crippen LogP contribution >= 0.6 is 0 Å². The molecule has 1 heterocycles. The molecule has 0 fully saturated rings. The molecule has 0 aromatic heterocycles. The van der Waals surface area contributed by atoms with E-state index in [0.29, 0.717) is 0 Å². The Hall–Kier alpha value is -2.24. The van der Waals surface area contributed by atoms with Crippen molar-refractivity contribution in [1.82, 2.24) is 0 Å². The first-order valence-electron chi connectivity index (χ1n) is 7.67. The predicted molar refractivity (Wildman–Crippen MR) is 98.8 cm³/mol. The first kappa shape index (κ1) is 14.4. The number of methoxy groups -OCH3 is 1. The molecule has 1 aliphatic heterocycles. The standard InChI is InChI=1S/C21H17AsO/c1-23-19-13-12-17-14-20(16-8-4-2-5-9-16)22(21(17)15-19)18-10-6-3-7-11-18/h2-15H,1H3. The molecule has 2 heteroatoms. The Balaban J connectivity index is 1.89. The van der Waals surface area contributed by atoms with Gasteiger partial charge in [-0.05, 0) is 0 Å². The molecule has 112 valence electrons. The monoisotopic (exact) mass is 360 g/mol. The van der Waals surface area contributed by atoms with Crippen LogP contribution in [0.5, 0.6) is 5.75 Å². The molecule has 1 aliphatic rings. The van der Waals surface area contributed by atoms with Gasteiger partial charge >= 0.3 is 141 Å². The van der Waals surface area contributed by atoms with Crippen LogP contribution in [-0.2, 0) is 0 Å². The molecule has 1 unspecified atom stereocenters. The van der Waals surface area contributed by atoms with E-state index in [1.165, 1.54) is 24.2 Å². The van der Waals surface area contributed by atoms with Crippen LogP contribution in [0.15, 0.2) is 78.9 Å². The minimum absolute atomic E-state index is 0.946. The van der Waals surface area contributed by atoms with E-state index < -0.39 is 14.7 Å². The van der Waals surface area contributed by atoms with Crippen LogP contribution in [0.2, 0.25) is 0 Å². The summed E-state index contributed by atoms with van der Waals surface area (Å²) in [4.78, 5) is 0. The van der Waals surface area contributed by atoms with Crippen LogP contribution in [-0.4, -0.2) is 21.8 Å². The molecular formula is C21H17AsO. The molecule has 0 radical (unpaired) electrons. The maximum absolute atomic E-state index is 5.46. The first-order valence-corrected chi connectivity index (χ1v) is 10.5. The number of rotatable bonds is 3. The van der Waals surface area contributed by atoms with Gasteiger partial charge in [0.2, 0.25) is 0 Å². The van der Waals surface area contributed by atoms with Crippen LogP contribution in [0.3, 0.4) is 0 Å².